The highest BCUT2D eigenvalue weighted by atomic mass is 35.5. The van der Waals surface area contributed by atoms with E-state index in [9.17, 15) is 0 Å². The van der Waals surface area contributed by atoms with Crippen LogP contribution >= 0.6 is 11.6 Å². The normalized spacial score (nSPS) is 22.4. The fraction of sp³-hybridized carbons (Fsp3) is 0.786. The van der Waals surface area contributed by atoms with Crippen molar-refractivity contribution in [2.24, 2.45) is 0 Å². The van der Waals surface area contributed by atoms with E-state index in [1.54, 1.807) is 6.20 Å². The quantitative estimate of drug-likeness (QED) is 0.904. The van der Waals surface area contributed by atoms with E-state index in [0.29, 0.717) is 5.02 Å². The molecule has 2 rings (SSSR count). The summed E-state index contributed by atoms with van der Waals surface area (Å²) in [4.78, 5) is 2.41. The Kier molecular flexibility index (Phi) is 5.43. The van der Waals surface area contributed by atoms with Crippen molar-refractivity contribution in [1.29, 1.82) is 0 Å². The first-order chi connectivity index (χ1) is 9.58. The van der Waals surface area contributed by atoms with Crippen LogP contribution in [0.3, 0.4) is 0 Å². The average molecular weight is 301 g/mol. The minimum Gasteiger partial charge on any atom is -0.374 e. The average Bonchev–Trinajstić information content (AvgIpc) is 2.82. The highest BCUT2D eigenvalue weighted by molar-refractivity contribution is 6.31. The van der Waals surface area contributed by atoms with E-state index in [0.717, 1.165) is 31.9 Å². The largest absolute Gasteiger partial charge is 0.374 e. The van der Waals surface area contributed by atoms with E-state index in [-0.39, 0.29) is 18.2 Å². The molecule has 1 aromatic rings. The lowest BCUT2D eigenvalue weighted by atomic mass is 10.1. The first-order valence-electron chi connectivity index (χ1n) is 7.32. The number of rotatable bonds is 5. The van der Waals surface area contributed by atoms with Gasteiger partial charge in [-0.05, 0) is 27.4 Å². The van der Waals surface area contributed by atoms with Gasteiger partial charge in [-0.1, -0.05) is 18.5 Å². The second-order valence-electron chi connectivity index (χ2n) is 5.48. The maximum atomic E-state index is 6.36. The van der Waals surface area contributed by atoms with Crippen molar-refractivity contribution in [3.63, 3.8) is 0 Å². The zero-order chi connectivity index (χ0) is 14.7. The van der Waals surface area contributed by atoms with Crippen LogP contribution in [0.4, 0.5) is 0 Å². The number of nitrogens with zero attached hydrogens (tertiary/aromatic N) is 3. The molecule has 2 unspecified atom stereocenters. The molecule has 6 heteroatoms. The molecule has 0 bridgehead atoms. The lowest BCUT2D eigenvalue weighted by Crippen LogP contribution is -2.48. The number of aromatic nitrogens is 2. The molecule has 1 N–H and O–H groups in total. The number of hydrogen-bond donors (Lipinski definition) is 1. The summed E-state index contributed by atoms with van der Waals surface area (Å²) in [7, 11) is 1.95. The van der Waals surface area contributed by atoms with Gasteiger partial charge >= 0.3 is 0 Å². The Balaban J connectivity index is 2.25. The monoisotopic (exact) mass is 300 g/mol. The van der Waals surface area contributed by atoms with Gasteiger partial charge in [0.25, 0.3) is 0 Å². The van der Waals surface area contributed by atoms with Crippen molar-refractivity contribution in [2.45, 2.75) is 39.0 Å². The van der Waals surface area contributed by atoms with Gasteiger partial charge in [-0.3, -0.25) is 9.58 Å². The number of likely N-dealkylation sites (N-methyl/N-ethyl adjacent to an activating group) is 2. The van der Waals surface area contributed by atoms with Crippen LogP contribution in [0.5, 0.6) is 0 Å². The van der Waals surface area contributed by atoms with Crippen LogP contribution in [0, 0.1) is 0 Å². The Morgan fingerprint density at radius 3 is 2.90 bits per heavy atom. The molecule has 0 aliphatic carbocycles. The van der Waals surface area contributed by atoms with Crippen LogP contribution in [-0.2, 0) is 4.74 Å². The number of halogens is 1. The zero-order valence-electron chi connectivity index (χ0n) is 12.8. The van der Waals surface area contributed by atoms with E-state index >= 15 is 0 Å². The number of nitrogens with one attached hydrogen (secondary N) is 1. The van der Waals surface area contributed by atoms with Crippen LogP contribution in [0.25, 0.3) is 0 Å². The smallest absolute Gasteiger partial charge is 0.0912 e. The molecule has 0 radical (unpaired) electrons. The topological polar surface area (TPSA) is 42.3 Å². The Labute approximate surface area is 126 Å². The van der Waals surface area contributed by atoms with Crippen LogP contribution < -0.4 is 5.32 Å². The molecule has 0 saturated carbocycles. The summed E-state index contributed by atoms with van der Waals surface area (Å²) in [6, 6.07) is 0.334. The van der Waals surface area contributed by atoms with Crippen molar-refractivity contribution in [1.82, 2.24) is 20.0 Å². The summed E-state index contributed by atoms with van der Waals surface area (Å²) in [6.45, 7) is 10.1. The summed E-state index contributed by atoms with van der Waals surface area (Å²) in [5.41, 5.74) is 1.02. The number of morpholine rings is 1. The maximum absolute atomic E-state index is 6.36. The zero-order valence-corrected chi connectivity index (χ0v) is 13.5. The number of ether oxygens (including phenoxy) is 1. The molecule has 1 aliphatic rings. The fourth-order valence-corrected chi connectivity index (χ4v) is 3.02. The molecule has 1 fully saturated rings. The predicted molar refractivity (Wildman–Crippen MR) is 81.3 cm³/mol. The van der Waals surface area contributed by atoms with Crippen molar-refractivity contribution in [3.05, 3.63) is 16.9 Å². The summed E-state index contributed by atoms with van der Waals surface area (Å²) < 4.78 is 7.96. The molecular formula is C14H25ClN4O. The van der Waals surface area contributed by atoms with Gasteiger partial charge in [-0.15, -0.1) is 0 Å². The summed E-state index contributed by atoms with van der Waals surface area (Å²) in [6.07, 6.45) is 1.82. The lowest BCUT2D eigenvalue weighted by Gasteiger charge is -2.37. The van der Waals surface area contributed by atoms with Crippen molar-refractivity contribution >= 4 is 11.6 Å². The van der Waals surface area contributed by atoms with E-state index in [2.05, 4.69) is 36.1 Å². The minimum atomic E-state index is 0.0572. The molecule has 1 aliphatic heterocycles. The number of hydrogen-bond acceptors (Lipinski definition) is 4. The first kappa shape index (κ1) is 15.8. The molecule has 0 spiro atoms. The minimum absolute atomic E-state index is 0.0572. The molecule has 0 aromatic carbocycles. The molecule has 1 saturated heterocycles. The Bertz CT molecular complexity index is 435. The molecule has 2 atom stereocenters. The highest BCUT2D eigenvalue weighted by Crippen LogP contribution is 2.29. The Morgan fingerprint density at radius 2 is 2.30 bits per heavy atom. The predicted octanol–water partition coefficient (Wildman–Crippen LogP) is 2.10. The van der Waals surface area contributed by atoms with Gasteiger partial charge in [0.15, 0.2) is 0 Å². The van der Waals surface area contributed by atoms with Crippen LogP contribution in [0.1, 0.15) is 38.5 Å². The highest BCUT2D eigenvalue weighted by Gasteiger charge is 2.32. The van der Waals surface area contributed by atoms with Crippen molar-refractivity contribution < 1.29 is 4.74 Å². The summed E-state index contributed by atoms with van der Waals surface area (Å²) in [5, 5.41) is 8.46. The third-order valence-corrected chi connectivity index (χ3v) is 4.17. The molecule has 5 nitrogen and oxygen atoms in total. The molecule has 2 heterocycles. The van der Waals surface area contributed by atoms with Gasteiger partial charge in [0.05, 0.1) is 35.7 Å². The van der Waals surface area contributed by atoms with Gasteiger partial charge in [-0.2, -0.15) is 5.10 Å². The molecular weight excluding hydrogens is 276 g/mol. The van der Waals surface area contributed by atoms with E-state index < -0.39 is 0 Å². The van der Waals surface area contributed by atoms with Gasteiger partial charge in [0.2, 0.25) is 0 Å². The van der Waals surface area contributed by atoms with E-state index in [1.165, 1.54) is 0 Å². The molecule has 0 amide bonds. The van der Waals surface area contributed by atoms with Crippen molar-refractivity contribution in [3.8, 4) is 0 Å². The maximum Gasteiger partial charge on any atom is 0.0912 e. The fourth-order valence-electron chi connectivity index (χ4n) is 2.77. The van der Waals surface area contributed by atoms with Gasteiger partial charge in [0, 0.05) is 19.1 Å². The lowest BCUT2D eigenvalue weighted by molar-refractivity contribution is -0.0458. The van der Waals surface area contributed by atoms with Crippen LogP contribution in [0.2, 0.25) is 5.02 Å². The Morgan fingerprint density at radius 1 is 1.55 bits per heavy atom. The second-order valence-corrected chi connectivity index (χ2v) is 5.89. The third kappa shape index (κ3) is 3.17. The third-order valence-electron chi connectivity index (χ3n) is 3.88. The van der Waals surface area contributed by atoms with Gasteiger partial charge < -0.3 is 10.1 Å². The van der Waals surface area contributed by atoms with E-state index in [1.807, 2.05) is 11.7 Å². The first-order valence-corrected chi connectivity index (χ1v) is 7.70. The Hall–Kier alpha value is -0.620. The van der Waals surface area contributed by atoms with Gasteiger partial charge in [0.1, 0.15) is 0 Å². The second kappa shape index (κ2) is 6.89. The molecule has 114 valence electrons. The summed E-state index contributed by atoms with van der Waals surface area (Å²) >= 11 is 6.36. The van der Waals surface area contributed by atoms with Gasteiger partial charge in [-0.25, -0.2) is 0 Å². The molecule has 1 aromatic heterocycles. The van der Waals surface area contributed by atoms with Crippen LogP contribution in [-0.4, -0.2) is 54.1 Å². The molecule has 20 heavy (non-hydrogen) atoms. The SMILES string of the molecule is CCN1CCOC(C(NC)c2c(Cl)cnn2C(C)C)C1. The van der Waals surface area contributed by atoms with Crippen LogP contribution in [0.15, 0.2) is 6.20 Å². The van der Waals surface area contributed by atoms with E-state index in [4.69, 9.17) is 16.3 Å². The standard InChI is InChI=1S/C14H25ClN4O/c1-5-18-6-7-20-12(9-18)13(16-4)14-11(15)8-17-19(14)10(2)3/h8,10,12-13,16H,5-7,9H2,1-4H3. The van der Waals surface area contributed by atoms with Crippen molar-refractivity contribution in [2.75, 3.05) is 33.3 Å². The summed E-state index contributed by atoms with van der Waals surface area (Å²) in [5.74, 6) is 0.